The van der Waals surface area contributed by atoms with Crippen LogP contribution in [0, 0.1) is 47.4 Å². The van der Waals surface area contributed by atoms with E-state index >= 15 is 0 Å². The predicted molar refractivity (Wildman–Crippen MR) is 289 cm³/mol. The predicted octanol–water partition coefficient (Wildman–Crippen LogP) is 10.6. The maximum Gasteiger partial charge on any atom is 0.190 e. The molecule has 69 heavy (non-hydrogen) atoms. The Kier molecular flexibility index (Phi) is 15.8. The average Bonchev–Trinajstić information content (AvgIpc) is 3.36. The van der Waals surface area contributed by atoms with Gasteiger partial charge in [-0.05, 0) is 154 Å². The van der Waals surface area contributed by atoms with Crippen molar-refractivity contribution >= 4 is 79.5 Å². The largest absolute Gasteiger partial charge is 0.287 e. The van der Waals surface area contributed by atoms with E-state index in [1.165, 1.54) is 56.0 Å². The van der Waals surface area contributed by atoms with Crippen molar-refractivity contribution in [3.05, 3.63) is 245 Å². The van der Waals surface area contributed by atoms with Crippen molar-refractivity contribution in [3.8, 4) is 47.4 Å². The molecule has 0 aliphatic heterocycles. The second kappa shape index (κ2) is 22.8. The molecule has 0 amide bonds. The summed E-state index contributed by atoms with van der Waals surface area (Å²) in [5.41, 5.74) is 7.12. The van der Waals surface area contributed by atoms with Gasteiger partial charge in [-0.25, -0.2) is 0 Å². The first kappa shape index (κ1) is 47.8. The van der Waals surface area contributed by atoms with Crippen molar-refractivity contribution in [2.45, 2.75) is 35.5 Å². The molecular weight excluding hydrogens is 917 g/mol. The SMILES string of the molecule is CC(=O)Sc1ccc(C#Cc2ccc([Si](c3ccc(C#Cc4ccccc4)cc3)(c3ccc(C#Cc4ccc(SC(C)=O)cc4)cc3)c3ccc(C#Cc4ccc(SC(C)=O)cc4)cc3)cc2)cc1. The van der Waals surface area contributed by atoms with Gasteiger partial charge in [0.15, 0.2) is 23.4 Å². The van der Waals surface area contributed by atoms with Crippen molar-refractivity contribution in [2.75, 3.05) is 0 Å². The second-order valence-corrected chi connectivity index (χ2v) is 23.3. The van der Waals surface area contributed by atoms with Gasteiger partial charge in [-0.3, -0.25) is 14.4 Å². The topological polar surface area (TPSA) is 51.2 Å². The third kappa shape index (κ3) is 12.8. The molecule has 0 aliphatic carbocycles. The van der Waals surface area contributed by atoms with Crippen LogP contribution in [0.4, 0.5) is 0 Å². The van der Waals surface area contributed by atoms with E-state index in [0.29, 0.717) is 0 Å². The summed E-state index contributed by atoms with van der Waals surface area (Å²) in [6.45, 7) is 4.69. The fourth-order valence-corrected chi connectivity index (χ4v) is 14.1. The molecule has 8 aromatic carbocycles. The minimum Gasteiger partial charge on any atom is -0.287 e. The van der Waals surface area contributed by atoms with Crippen LogP contribution >= 0.6 is 35.3 Å². The lowest BCUT2D eigenvalue weighted by Crippen LogP contribution is -2.74. The van der Waals surface area contributed by atoms with Crippen LogP contribution in [0.15, 0.2) is 215 Å². The Labute approximate surface area is 418 Å². The zero-order valence-corrected chi connectivity index (χ0v) is 41.5. The van der Waals surface area contributed by atoms with E-state index in [9.17, 15) is 14.4 Å². The highest BCUT2D eigenvalue weighted by atomic mass is 32.2. The lowest BCUT2D eigenvalue weighted by Gasteiger charge is -2.34. The zero-order valence-electron chi connectivity index (χ0n) is 38.0. The smallest absolute Gasteiger partial charge is 0.190 e. The Bertz CT molecular complexity index is 3100. The molecule has 0 unspecified atom stereocenters. The molecule has 0 saturated heterocycles. The summed E-state index contributed by atoms with van der Waals surface area (Å²) in [5, 5.41) is 4.84. The molecular formula is C62H42O3S3Si. The minimum atomic E-state index is -3.08. The van der Waals surface area contributed by atoms with Crippen LogP contribution in [0.25, 0.3) is 0 Å². The molecule has 7 heteroatoms. The molecule has 0 aliphatic rings. The lowest BCUT2D eigenvalue weighted by atomic mass is 10.2. The minimum absolute atomic E-state index is 0.0456. The average molecular weight is 959 g/mol. The summed E-state index contributed by atoms with van der Waals surface area (Å²) in [5.74, 6) is 26.7. The number of benzene rings is 8. The molecule has 0 fully saturated rings. The van der Waals surface area contributed by atoms with E-state index in [1.54, 1.807) is 20.8 Å². The van der Waals surface area contributed by atoms with Crippen molar-refractivity contribution in [3.63, 3.8) is 0 Å². The number of hydrogen-bond acceptors (Lipinski definition) is 6. The molecule has 0 spiro atoms. The zero-order chi connectivity index (χ0) is 48.0. The molecule has 0 heterocycles. The Morgan fingerprint density at radius 2 is 0.464 bits per heavy atom. The van der Waals surface area contributed by atoms with E-state index in [2.05, 4.69) is 144 Å². The standard InChI is InChI=1S/C62H42O3S3Si/c1-45(63)66-56-31-17-49(18-32-56)11-14-53-25-39-60(40-26-53)69(59-37-23-52(24-38-59)10-9-48-7-5-4-6-8-48,61-41-27-54(28-42-61)15-12-50-19-33-57(34-20-50)67-46(2)64)62-43-29-55(30-44-62)16-13-51-21-35-58(36-22-51)68-47(3)65/h4-8,17-44H,1-3H3. The summed E-state index contributed by atoms with van der Waals surface area (Å²) in [7, 11) is -3.08. The highest BCUT2D eigenvalue weighted by Crippen LogP contribution is 2.21. The molecule has 8 rings (SSSR count). The van der Waals surface area contributed by atoms with E-state index < -0.39 is 8.07 Å². The van der Waals surface area contributed by atoms with Crippen molar-refractivity contribution in [2.24, 2.45) is 0 Å². The highest BCUT2D eigenvalue weighted by molar-refractivity contribution is 8.14. The number of hydrogen-bond donors (Lipinski definition) is 0. The fourth-order valence-electron chi connectivity index (χ4n) is 7.63. The van der Waals surface area contributed by atoms with Gasteiger partial charge < -0.3 is 0 Å². The lowest BCUT2D eigenvalue weighted by molar-refractivity contribution is -0.109. The van der Waals surface area contributed by atoms with Gasteiger partial charge in [-0.1, -0.05) is 149 Å². The molecule has 8 aromatic rings. The maximum absolute atomic E-state index is 11.6. The normalized spacial score (nSPS) is 10.4. The molecule has 0 aromatic heterocycles. The van der Waals surface area contributed by atoms with Gasteiger partial charge in [-0.2, -0.15) is 0 Å². The first-order chi connectivity index (χ1) is 33.6. The number of carbonyl (C=O) groups is 3. The molecule has 0 saturated carbocycles. The third-order valence-electron chi connectivity index (χ3n) is 10.8. The first-order valence-electron chi connectivity index (χ1n) is 22.0. The maximum atomic E-state index is 11.6. The van der Waals surface area contributed by atoms with Crippen LogP contribution in [0.2, 0.25) is 0 Å². The molecule has 3 nitrogen and oxygen atoms in total. The molecule has 0 N–H and O–H groups in total. The summed E-state index contributed by atoms with van der Waals surface area (Å²) in [4.78, 5) is 37.5. The fraction of sp³-hybridized carbons (Fsp3) is 0.0484. The molecule has 0 atom stereocenters. The van der Waals surface area contributed by atoms with Gasteiger partial charge in [-0.15, -0.1) is 0 Å². The van der Waals surface area contributed by atoms with E-state index in [1.807, 2.05) is 103 Å². The Balaban J connectivity index is 1.22. The summed E-state index contributed by atoms with van der Waals surface area (Å²) < 4.78 is 0. The van der Waals surface area contributed by atoms with Gasteiger partial charge in [0.1, 0.15) is 0 Å². The molecule has 0 bridgehead atoms. The Hall–Kier alpha value is -7.72. The highest BCUT2D eigenvalue weighted by Gasteiger charge is 2.41. The quantitative estimate of drug-likeness (QED) is 0.0687. The van der Waals surface area contributed by atoms with Crippen LogP contribution in [0.1, 0.15) is 65.3 Å². The van der Waals surface area contributed by atoms with E-state index in [0.717, 1.165) is 59.2 Å². The van der Waals surface area contributed by atoms with Crippen LogP contribution in [-0.4, -0.2) is 23.4 Å². The molecule has 0 radical (unpaired) electrons. The van der Waals surface area contributed by atoms with Gasteiger partial charge in [0.25, 0.3) is 0 Å². The van der Waals surface area contributed by atoms with Crippen LogP contribution in [0.3, 0.4) is 0 Å². The monoisotopic (exact) mass is 958 g/mol. The van der Waals surface area contributed by atoms with E-state index in [4.69, 9.17) is 0 Å². The summed E-state index contributed by atoms with van der Waals surface area (Å²) >= 11 is 3.62. The van der Waals surface area contributed by atoms with E-state index in [-0.39, 0.29) is 15.3 Å². The number of rotatable bonds is 7. The van der Waals surface area contributed by atoms with Gasteiger partial charge in [0, 0.05) is 80.0 Å². The summed E-state index contributed by atoms with van der Waals surface area (Å²) in [6.07, 6.45) is 0. The number of carbonyl (C=O) groups excluding carboxylic acids is 3. The Morgan fingerprint density at radius 1 is 0.275 bits per heavy atom. The third-order valence-corrected chi connectivity index (χ3v) is 18.0. The van der Waals surface area contributed by atoms with Gasteiger partial charge >= 0.3 is 0 Å². The van der Waals surface area contributed by atoms with Crippen molar-refractivity contribution in [1.82, 2.24) is 0 Å². The van der Waals surface area contributed by atoms with Crippen molar-refractivity contribution in [1.29, 1.82) is 0 Å². The van der Waals surface area contributed by atoms with Gasteiger partial charge in [0.2, 0.25) is 0 Å². The van der Waals surface area contributed by atoms with Crippen LogP contribution in [0.5, 0.6) is 0 Å². The van der Waals surface area contributed by atoms with Crippen LogP contribution in [-0.2, 0) is 14.4 Å². The molecule has 330 valence electrons. The number of thioether (sulfide) groups is 3. The van der Waals surface area contributed by atoms with Crippen molar-refractivity contribution < 1.29 is 14.4 Å². The Morgan fingerprint density at radius 3 is 0.667 bits per heavy atom. The summed E-state index contributed by atoms with van der Waals surface area (Å²) in [6, 6.07) is 67.8. The van der Waals surface area contributed by atoms with Crippen LogP contribution < -0.4 is 20.7 Å². The second-order valence-electron chi connectivity index (χ2n) is 15.8. The van der Waals surface area contributed by atoms with Gasteiger partial charge in [0.05, 0.1) is 0 Å². The first-order valence-corrected chi connectivity index (χ1v) is 26.4.